The summed E-state index contributed by atoms with van der Waals surface area (Å²) >= 11 is 5.98. The van der Waals surface area contributed by atoms with Crippen molar-refractivity contribution in [2.75, 3.05) is 26.2 Å². The van der Waals surface area contributed by atoms with Gasteiger partial charge in [-0.1, -0.05) is 48.0 Å². The molecule has 0 amide bonds. The Morgan fingerprint density at radius 1 is 1.16 bits per heavy atom. The molecule has 0 unspecified atom stereocenters. The van der Waals surface area contributed by atoms with Gasteiger partial charge in [0.1, 0.15) is 0 Å². The minimum atomic E-state index is -3.82. The maximum atomic E-state index is 12.9. The summed E-state index contributed by atoms with van der Waals surface area (Å²) in [5.74, 6) is 0.243. The van der Waals surface area contributed by atoms with Crippen molar-refractivity contribution in [3.05, 3.63) is 65.2 Å². The zero-order valence-electron chi connectivity index (χ0n) is 18.1. The van der Waals surface area contributed by atoms with Crippen molar-refractivity contribution in [2.24, 2.45) is 15.5 Å². The lowest BCUT2D eigenvalue weighted by Crippen LogP contribution is -2.46. The Kier molecular flexibility index (Phi) is 6.83. The molecule has 1 spiro atoms. The lowest BCUT2D eigenvalue weighted by Gasteiger charge is -2.37. The third-order valence-corrected chi connectivity index (χ3v) is 7.48. The van der Waals surface area contributed by atoms with Gasteiger partial charge >= 0.3 is 0 Å². The van der Waals surface area contributed by atoms with Gasteiger partial charge in [-0.15, -0.1) is 0 Å². The molecule has 2 aromatic rings. The summed E-state index contributed by atoms with van der Waals surface area (Å²) in [6.45, 7) is 5.82. The molecule has 2 heterocycles. The van der Waals surface area contributed by atoms with E-state index in [1.54, 1.807) is 17.1 Å². The van der Waals surface area contributed by atoms with E-state index in [0.717, 1.165) is 32.5 Å². The predicted octanol–water partition coefficient (Wildman–Crippen LogP) is 3.58. The number of hydrogen-bond acceptors (Lipinski definition) is 5. The van der Waals surface area contributed by atoms with Gasteiger partial charge in [0.05, 0.1) is 11.4 Å². The summed E-state index contributed by atoms with van der Waals surface area (Å²) in [5.41, 5.74) is 1.25. The van der Waals surface area contributed by atoms with Crippen LogP contribution in [-0.4, -0.2) is 56.7 Å². The molecule has 0 saturated carbocycles. The Hall–Kier alpha value is -2.42. The highest BCUT2D eigenvalue weighted by Crippen LogP contribution is 2.35. The van der Waals surface area contributed by atoms with Gasteiger partial charge in [0.2, 0.25) is 5.96 Å². The molecule has 0 aromatic heterocycles. The van der Waals surface area contributed by atoms with Gasteiger partial charge < -0.3 is 0 Å². The van der Waals surface area contributed by atoms with Crippen LogP contribution in [0, 0.1) is 5.41 Å². The molecule has 4 rings (SSSR count). The molecule has 2 aliphatic heterocycles. The molecule has 1 saturated heterocycles. The van der Waals surface area contributed by atoms with E-state index in [4.69, 9.17) is 11.6 Å². The number of rotatable bonds is 5. The first-order valence-corrected chi connectivity index (χ1v) is 12.7. The highest BCUT2D eigenvalue weighted by molar-refractivity contribution is 7.90. The van der Waals surface area contributed by atoms with Gasteiger partial charge in [-0.2, -0.15) is 5.10 Å². The number of nitrogens with one attached hydrogen (secondary N) is 1. The fraction of sp³-hybridized carbons (Fsp3) is 0.391. The minimum absolute atomic E-state index is 0.0663. The van der Waals surface area contributed by atoms with Crippen LogP contribution in [0.25, 0.3) is 0 Å². The summed E-state index contributed by atoms with van der Waals surface area (Å²) in [4.78, 5) is 6.94. The molecule has 170 valence electrons. The van der Waals surface area contributed by atoms with Crippen LogP contribution >= 0.6 is 11.6 Å². The van der Waals surface area contributed by atoms with E-state index in [1.807, 2.05) is 19.2 Å². The van der Waals surface area contributed by atoms with Crippen molar-refractivity contribution in [3.8, 4) is 0 Å². The highest BCUT2D eigenvalue weighted by atomic mass is 35.5. The van der Waals surface area contributed by atoms with E-state index in [2.05, 4.69) is 44.0 Å². The Morgan fingerprint density at radius 2 is 1.91 bits per heavy atom. The second-order valence-corrected chi connectivity index (χ2v) is 10.4. The topological polar surface area (TPSA) is 77.4 Å². The van der Waals surface area contributed by atoms with Gasteiger partial charge in [0.15, 0.2) is 0 Å². The quantitative estimate of drug-likeness (QED) is 0.532. The van der Waals surface area contributed by atoms with Crippen LogP contribution in [0.3, 0.4) is 0 Å². The second-order valence-electron chi connectivity index (χ2n) is 8.29. The summed E-state index contributed by atoms with van der Waals surface area (Å²) in [6.07, 6.45) is 3.92. The first-order valence-electron chi connectivity index (χ1n) is 10.8. The van der Waals surface area contributed by atoms with Gasteiger partial charge in [-0.3, -0.25) is 9.89 Å². The molecule has 0 bridgehead atoms. The molecular formula is C23H28ClN5O2S. The molecule has 0 aliphatic carbocycles. The Labute approximate surface area is 194 Å². The standard InChI is InChI=1S/C23H28ClN5O2S/c1-2-25-22(27-32(30,31)21-10-6-9-20(24)15-21)29-18-23(17-26-29)11-13-28(14-12-23)16-19-7-4-3-5-8-19/h3-10,15,17H,2,11-14,16,18H2,1H3,(H,25,27). The molecule has 1 N–H and O–H groups in total. The number of benzene rings is 2. The fourth-order valence-electron chi connectivity index (χ4n) is 4.12. The number of piperidine rings is 1. The normalized spacial score (nSPS) is 18.9. The molecule has 1 fully saturated rings. The lowest BCUT2D eigenvalue weighted by atomic mass is 9.80. The lowest BCUT2D eigenvalue weighted by molar-refractivity contribution is 0.141. The molecule has 9 heteroatoms. The predicted molar refractivity (Wildman–Crippen MR) is 128 cm³/mol. The zero-order valence-corrected chi connectivity index (χ0v) is 19.7. The summed E-state index contributed by atoms with van der Waals surface area (Å²) in [6, 6.07) is 16.7. The van der Waals surface area contributed by atoms with Crippen molar-refractivity contribution in [3.63, 3.8) is 0 Å². The number of hydrogen-bond donors (Lipinski definition) is 1. The van der Waals surface area contributed by atoms with Crippen LogP contribution < -0.4 is 4.72 Å². The van der Waals surface area contributed by atoms with Crippen molar-refractivity contribution < 1.29 is 8.42 Å². The number of guanidine groups is 1. The van der Waals surface area contributed by atoms with E-state index in [-0.39, 0.29) is 16.3 Å². The average molecular weight is 474 g/mol. The third kappa shape index (κ3) is 5.31. The number of sulfonamides is 1. The first-order chi connectivity index (χ1) is 15.4. The number of halogens is 1. The van der Waals surface area contributed by atoms with E-state index in [0.29, 0.717) is 18.1 Å². The van der Waals surface area contributed by atoms with Crippen LogP contribution in [-0.2, 0) is 16.6 Å². The largest absolute Gasteiger partial charge is 0.299 e. The van der Waals surface area contributed by atoms with Gasteiger partial charge in [-0.25, -0.2) is 18.1 Å². The van der Waals surface area contributed by atoms with Crippen LogP contribution in [0.15, 0.2) is 69.6 Å². The van der Waals surface area contributed by atoms with Crippen molar-refractivity contribution in [1.29, 1.82) is 0 Å². The Balaban J connectivity index is 1.40. The first kappa shape index (κ1) is 22.8. The number of aliphatic imine (C=N–C) groups is 1. The third-order valence-electron chi connectivity index (χ3n) is 5.92. The van der Waals surface area contributed by atoms with Crippen LogP contribution in [0.4, 0.5) is 0 Å². The average Bonchev–Trinajstić information content (AvgIpc) is 3.20. The van der Waals surface area contributed by atoms with Crippen molar-refractivity contribution in [2.45, 2.75) is 31.2 Å². The second kappa shape index (κ2) is 9.60. The van der Waals surface area contributed by atoms with Gasteiger partial charge in [-0.05, 0) is 56.6 Å². The molecule has 2 aliphatic rings. The summed E-state index contributed by atoms with van der Waals surface area (Å²) in [7, 11) is -3.82. The minimum Gasteiger partial charge on any atom is -0.299 e. The number of likely N-dealkylation sites (tertiary alicyclic amines) is 1. The number of hydrazone groups is 1. The van der Waals surface area contributed by atoms with Crippen LogP contribution in [0.1, 0.15) is 25.3 Å². The van der Waals surface area contributed by atoms with E-state index < -0.39 is 10.0 Å². The van der Waals surface area contributed by atoms with E-state index in [9.17, 15) is 8.42 Å². The molecular weight excluding hydrogens is 446 g/mol. The molecule has 0 atom stereocenters. The van der Waals surface area contributed by atoms with Gasteiger partial charge in [0, 0.05) is 29.7 Å². The van der Waals surface area contributed by atoms with E-state index in [1.165, 1.54) is 17.7 Å². The van der Waals surface area contributed by atoms with Crippen molar-refractivity contribution in [1.82, 2.24) is 14.6 Å². The van der Waals surface area contributed by atoms with Gasteiger partial charge in [0.25, 0.3) is 10.0 Å². The van der Waals surface area contributed by atoms with Crippen LogP contribution in [0.2, 0.25) is 5.02 Å². The zero-order chi connectivity index (χ0) is 22.6. The molecule has 2 aromatic carbocycles. The fourth-order valence-corrected chi connectivity index (χ4v) is 5.44. The maximum absolute atomic E-state index is 12.9. The van der Waals surface area contributed by atoms with E-state index >= 15 is 0 Å². The monoisotopic (exact) mass is 473 g/mol. The SMILES string of the molecule is CCN=C(NS(=O)(=O)c1cccc(Cl)c1)N1CC2(C=N1)CCN(Cc1ccccc1)CC2. The molecule has 0 radical (unpaired) electrons. The Bertz CT molecular complexity index is 1100. The van der Waals surface area contributed by atoms with Crippen LogP contribution in [0.5, 0.6) is 0 Å². The molecule has 32 heavy (non-hydrogen) atoms. The smallest absolute Gasteiger partial charge is 0.264 e. The molecule has 7 nitrogen and oxygen atoms in total. The number of nitrogens with zero attached hydrogens (tertiary/aromatic N) is 4. The summed E-state index contributed by atoms with van der Waals surface area (Å²) in [5, 5.41) is 6.58. The van der Waals surface area contributed by atoms with Crippen molar-refractivity contribution >= 4 is 33.8 Å². The highest BCUT2D eigenvalue weighted by Gasteiger charge is 2.40. The summed E-state index contributed by atoms with van der Waals surface area (Å²) < 4.78 is 28.4. The maximum Gasteiger partial charge on any atom is 0.264 e. The Morgan fingerprint density at radius 3 is 2.59 bits per heavy atom.